The number of aliphatic hydroxyl groups is 1. The Kier molecular flexibility index (Phi) is 28.8. The number of unbranched alkanes of at least 4 members (excludes halogenated alkanes) is 1. The first-order valence-corrected chi connectivity index (χ1v) is 24.9. The quantitative estimate of drug-likeness (QED) is 0.0237. The lowest BCUT2D eigenvalue weighted by atomic mass is 9.98. The van der Waals surface area contributed by atoms with Crippen LogP contribution in [0.1, 0.15) is 132 Å². The molecule has 0 aromatic heterocycles. The molecule has 0 fully saturated rings. The lowest BCUT2D eigenvalue weighted by Crippen LogP contribution is -2.62. The fourth-order valence-electron chi connectivity index (χ4n) is 7.52. The molecule has 0 aliphatic carbocycles. The highest BCUT2D eigenvalue weighted by Crippen LogP contribution is 2.14. The molecule has 8 atom stereocenters. The fourth-order valence-corrected chi connectivity index (χ4v) is 7.52. The van der Waals surface area contributed by atoms with Crippen LogP contribution < -0.4 is 65.5 Å². The minimum absolute atomic E-state index is 0.0370. The zero-order valence-corrected chi connectivity index (χ0v) is 44.0. The van der Waals surface area contributed by atoms with Gasteiger partial charge in [0.25, 0.3) is 0 Å². The van der Waals surface area contributed by atoms with Crippen molar-refractivity contribution in [1.29, 1.82) is 5.41 Å². The fraction of sp³-hybridized carbons (Fsp3) is 0.673. The Hall–Kier alpha value is -6.36. The molecule has 1 rings (SSSR count). The first-order valence-electron chi connectivity index (χ1n) is 24.9. The first kappa shape index (κ1) is 63.7. The summed E-state index contributed by atoms with van der Waals surface area (Å²) in [6.07, 6.45) is 0.510. The molecule has 406 valence electrons. The second-order valence-electron chi connectivity index (χ2n) is 19.9. The van der Waals surface area contributed by atoms with Gasteiger partial charge in [0.2, 0.25) is 47.3 Å². The number of amides is 8. The summed E-state index contributed by atoms with van der Waals surface area (Å²) in [4.78, 5) is 113. The average molecular weight is 1020 g/mol. The summed E-state index contributed by atoms with van der Waals surface area (Å²) in [6.45, 7) is 17.6. The van der Waals surface area contributed by atoms with Crippen molar-refractivity contribution < 1.29 is 43.5 Å². The van der Waals surface area contributed by atoms with E-state index in [9.17, 15) is 43.5 Å². The van der Waals surface area contributed by atoms with Crippen LogP contribution in [0.15, 0.2) is 29.3 Å². The molecule has 23 nitrogen and oxygen atoms in total. The SMILES string of the molecule is CC(=O)N[C@@H](CC(C)C)C(=O)N[C@@H](CC(C)C)C(=O)N[C@@H](CC(C)C)C(=O)N[C@H](C(=O)N[C@@H](CCCN=C(N)N)C(=O)N[C@H](C(=O)N[C@@H](CCCCN)C(=O)NCc1ccc(C(=N)N)cc1)C(C)C)[C@@H](C)O. The third kappa shape index (κ3) is 24.7. The summed E-state index contributed by atoms with van der Waals surface area (Å²) in [5.41, 5.74) is 23.5. The molecule has 1 aromatic rings. The second-order valence-corrected chi connectivity index (χ2v) is 19.9. The summed E-state index contributed by atoms with van der Waals surface area (Å²) >= 11 is 0. The predicted octanol–water partition coefficient (Wildman–Crippen LogP) is -0.642. The van der Waals surface area contributed by atoms with Crippen molar-refractivity contribution in [1.82, 2.24) is 42.5 Å². The van der Waals surface area contributed by atoms with E-state index in [0.29, 0.717) is 31.4 Å². The van der Waals surface area contributed by atoms with Crippen LogP contribution in [0.25, 0.3) is 0 Å². The van der Waals surface area contributed by atoms with E-state index in [-0.39, 0.29) is 74.7 Å². The molecule has 18 N–H and O–H groups in total. The number of aliphatic imine (C=N–C) groups is 1. The van der Waals surface area contributed by atoms with E-state index in [1.807, 2.05) is 41.5 Å². The number of hydrogen-bond donors (Lipinski definition) is 14. The van der Waals surface area contributed by atoms with Crippen molar-refractivity contribution >= 4 is 59.1 Å². The van der Waals surface area contributed by atoms with E-state index >= 15 is 0 Å². The third-order valence-electron chi connectivity index (χ3n) is 11.3. The summed E-state index contributed by atoms with van der Waals surface area (Å²) in [5, 5.41) is 40.1. The van der Waals surface area contributed by atoms with Crippen molar-refractivity contribution in [3.63, 3.8) is 0 Å². The minimum Gasteiger partial charge on any atom is -0.391 e. The van der Waals surface area contributed by atoms with Crippen LogP contribution in [0.5, 0.6) is 0 Å². The van der Waals surface area contributed by atoms with Crippen LogP contribution in [0.2, 0.25) is 0 Å². The molecular formula is C49H86N14O9. The van der Waals surface area contributed by atoms with Crippen molar-refractivity contribution in [3.05, 3.63) is 35.4 Å². The van der Waals surface area contributed by atoms with Crippen LogP contribution in [0.4, 0.5) is 0 Å². The van der Waals surface area contributed by atoms with Crippen LogP contribution in [0.3, 0.4) is 0 Å². The van der Waals surface area contributed by atoms with Gasteiger partial charge in [-0.05, 0) is 94.1 Å². The van der Waals surface area contributed by atoms with Gasteiger partial charge in [0, 0.05) is 25.6 Å². The number of amidine groups is 1. The maximum atomic E-state index is 14.2. The van der Waals surface area contributed by atoms with E-state index < -0.39 is 102 Å². The van der Waals surface area contributed by atoms with Crippen LogP contribution in [-0.4, -0.2) is 126 Å². The van der Waals surface area contributed by atoms with Crippen molar-refractivity contribution in [2.45, 2.75) is 176 Å². The van der Waals surface area contributed by atoms with Crippen molar-refractivity contribution in [3.8, 4) is 0 Å². The lowest BCUT2D eigenvalue weighted by Gasteiger charge is -2.30. The summed E-state index contributed by atoms with van der Waals surface area (Å²) in [6, 6.07) is -1.74. The molecule has 1 aromatic carbocycles. The third-order valence-corrected chi connectivity index (χ3v) is 11.3. The Labute approximate surface area is 425 Å². The Morgan fingerprint density at radius 3 is 1.40 bits per heavy atom. The van der Waals surface area contributed by atoms with Crippen molar-refractivity contribution in [2.24, 2.45) is 51.6 Å². The van der Waals surface area contributed by atoms with Gasteiger partial charge in [0.05, 0.1) is 6.10 Å². The Balaban J connectivity index is 3.41. The first-order chi connectivity index (χ1) is 33.7. The number of nitrogens with two attached hydrogens (primary N) is 4. The number of hydrogen-bond acceptors (Lipinski definition) is 12. The molecule has 0 radical (unpaired) electrons. The van der Waals surface area contributed by atoms with Gasteiger partial charge in [-0.2, -0.15) is 0 Å². The molecule has 0 aliphatic heterocycles. The number of nitrogen functional groups attached to an aromatic ring is 1. The Bertz CT molecular complexity index is 1970. The van der Waals surface area contributed by atoms with Gasteiger partial charge in [-0.3, -0.25) is 48.8 Å². The Morgan fingerprint density at radius 2 is 0.972 bits per heavy atom. The number of benzene rings is 1. The average Bonchev–Trinajstić information content (AvgIpc) is 3.27. The molecule has 72 heavy (non-hydrogen) atoms. The molecule has 0 unspecified atom stereocenters. The highest BCUT2D eigenvalue weighted by Gasteiger charge is 2.36. The highest BCUT2D eigenvalue weighted by molar-refractivity contribution is 5.98. The number of nitrogens with zero attached hydrogens (tertiary/aromatic N) is 1. The number of nitrogens with one attached hydrogen (secondary N) is 9. The van der Waals surface area contributed by atoms with Crippen LogP contribution in [0, 0.1) is 29.1 Å². The second kappa shape index (κ2) is 32.6. The number of carbonyl (C=O) groups is 8. The maximum Gasteiger partial charge on any atom is 0.245 e. The van der Waals surface area contributed by atoms with Crippen LogP contribution in [-0.2, 0) is 44.9 Å². The molecule has 0 saturated heterocycles. The number of aliphatic hydroxyl groups excluding tert-OH is 1. The summed E-state index contributed by atoms with van der Waals surface area (Å²) < 4.78 is 0. The molecule has 23 heteroatoms. The maximum absolute atomic E-state index is 14.2. The Morgan fingerprint density at radius 1 is 0.556 bits per heavy atom. The molecule has 0 spiro atoms. The van der Waals surface area contributed by atoms with E-state index in [1.54, 1.807) is 38.1 Å². The molecule has 0 heterocycles. The monoisotopic (exact) mass is 1010 g/mol. The molecule has 0 saturated carbocycles. The molecule has 0 bridgehead atoms. The van der Waals surface area contributed by atoms with Gasteiger partial charge >= 0.3 is 0 Å². The van der Waals surface area contributed by atoms with E-state index in [1.165, 1.54) is 13.8 Å². The van der Waals surface area contributed by atoms with Gasteiger partial charge in [0.1, 0.15) is 48.1 Å². The zero-order chi connectivity index (χ0) is 54.8. The molecular weight excluding hydrogens is 929 g/mol. The summed E-state index contributed by atoms with van der Waals surface area (Å²) in [5.74, 6) is -6.43. The number of carbonyl (C=O) groups excluding carboxylic acids is 8. The smallest absolute Gasteiger partial charge is 0.245 e. The highest BCUT2D eigenvalue weighted by atomic mass is 16.3. The predicted molar refractivity (Wildman–Crippen MR) is 276 cm³/mol. The van der Waals surface area contributed by atoms with Gasteiger partial charge in [0.15, 0.2) is 5.96 Å². The van der Waals surface area contributed by atoms with Crippen LogP contribution >= 0.6 is 0 Å². The van der Waals surface area contributed by atoms with Gasteiger partial charge in [-0.1, -0.05) is 79.7 Å². The lowest BCUT2D eigenvalue weighted by molar-refractivity contribution is -0.137. The van der Waals surface area contributed by atoms with E-state index in [0.717, 1.165) is 5.56 Å². The topological polar surface area (TPSA) is 393 Å². The molecule has 0 aliphatic rings. The normalized spacial score (nSPS) is 14.6. The van der Waals surface area contributed by atoms with E-state index in [2.05, 4.69) is 47.5 Å². The summed E-state index contributed by atoms with van der Waals surface area (Å²) in [7, 11) is 0. The van der Waals surface area contributed by atoms with E-state index in [4.69, 9.17) is 28.3 Å². The molecule has 8 amide bonds. The minimum atomic E-state index is -1.65. The largest absolute Gasteiger partial charge is 0.391 e. The van der Waals surface area contributed by atoms with Gasteiger partial charge in [-0.15, -0.1) is 0 Å². The number of rotatable bonds is 33. The van der Waals surface area contributed by atoms with Gasteiger partial charge in [-0.25, -0.2) is 0 Å². The van der Waals surface area contributed by atoms with Crippen molar-refractivity contribution in [2.75, 3.05) is 13.1 Å². The zero-order valence-electron chi connectivity index (χ0n) is 44.0. The van der Waals surface area contributed by atoms with Gasteiger partial charge < -0.3 is 70.6 Å². The number of guanidine groups is 1. The standard InChI is InChI=1S/C49H86N14O9/c1-26(2)22-36(57-31(10)65)44(68)60-37(23-27(3)4)45(69)61-38(24-28(5)6)46(70)63-40(30(9)64)48(72)59-35(15-13-21-55-49(53)54)43(67)62-39(29(7)8)47(71)58-34(14-11-12-20-50)42(66)56-25-32-16-18-33(19-17-32)41(51)52/h16-19,26-30,34-40,64H,11-15,20-25,50H2,1-10H3,(H3,51,52)(H,56,66)(H,57,65)(H,58,71)(H,59,72)(H,60,68)(H,61,69)(H,62,67)(H,63,70)(H4,53,54,55)/t30-,34+,35+,36+,37+,38+,39+,40+/m1/s1.